The number of benzene rings is 1. The number of aliphatic hydroxyl groups is 1. The van der Waals surface area contributed by atoms with Crippen LogP contribution in [0, 0.1) is 6.92 Å². The molecule has 5 nitrogen and oxygen atoms in total. The lowest BCUT2D eigenvalue weighted by Gasteiger charge is -2.17. The van der Waals surface area contributed by atoms with Crippen LogP contribution in [-0.2, 0) is 0 Å². The number of anilines is 1. The fraction of sp³-hybridized carbons (Fsp3) is 0.273. The van der Waals surface area contributed by atoms with E-state index in [0.29, 0.717) is 11.3 Å². The summed E-state index contributed by atoms with van der Waals surface area (Å²) in [6, 6.07) is 4.58. The molecule has 0 radical (unpaired) electrons. The maximum absolute atomic E-state index is 12.2. The molecule has 18 heavy (non-hydrogen) atoms. The molecule has 0 spiro atoms. The minimum Gasteiger partial charge on any atom is -0.434 e. The van der Waals surface area contributed by atoms with Gasteiger partial charge in [0.2, 0.25) is 0 Å². The van der Waals surface area contributed by atoms with Crippen molar-refractivity contribution < 1.29 is 18.6 Å². The summed E-state index contributed by atoms with van der Waals surface area (Å²) in [6.45, 7) is -1.61. The van der Waals surface area contributed by atoms with Gasteiger partial charge >= 0.3 is 6.61 Å². The van der Waals surface area contributed by atoms with Crippen LogP contribution in [0.3, 0.4) is 0 Å². The Hall–Kier alpha value is -1.86. The zero-order valence-electron chi connectivity index (χ0n) is 9.81. The molecular weight excluding hydrogens is 244 g/mol. The fourth-order valence-electron chi connectivity index (χ4n) is 1.27. The number of alkyl halides is 2. The van der Waals surface area contributed by atoms with Gasteiger partial charge in [-0.05, 0) is 18.6 Å². The Balaban J connectivity index is 2.97. The number of hydrogen-bond acceptors (Lipinski definition) is 5. The molecule has 1 rings (SSSR count). The monoisotopic (exact) mass is 259 g/mol. The molecule has 0 bridgehead atoms. The van der Waals surface area contributed by atoms with Crippen molar-refractivity contribution >= 4 is 5.69 Å². The van der Waals surface area contributed by atoms with E-state index in [1.807, 2.05) is 0 Å². The first-order valence-corrected chi connectivity index (χ1v) is 5.10. The van der Waals surface area contributed by atoms with Crippen molar-refractivity contribution in [2.45, 2.75) is 13.5 Å². The smallest absolute Gasteiger partial charge is 0.387 e. The molecule has 0 amide bonds. The van der Waals surface area contributed by atoms with E-state index < -0.39 is 6.61 Å². The number of hydrazine groups is 1. The first-order chi connectivity index (χ1) is 8.43. The molecule has 0 heterocycles. The Kier molecular flexibility index (Phi) is 4.87. The first kappa shape index (κ1) is 14.2. The van der Waals surface area contributed by atoms with Crippen LogP contribution < -0.4 is 21.3 Å². The molecule has 0 aliphatic carbocycles. The highest BCUT2D eigenvalue weighted by Crippen LogP contribution is 2.25. The maximum Gasteiger partial charge on any atom is 0.387 e. The molecule has 100 valence electrons. The largest absolute Gasteiger partial charge is 0.434 e. The van der Waals surface area contributed by atoms with Crippen LogP contribution in [0.25, 0.3) is 0 Å². The third-order valence-corrected chi connectivity index (χ3v) is 2.17. The topological polar surface area (TPSA) is 84.7 Å². The SMILES string of the molecule is Cc1ccc(N(N)/C=C(\N)CO)cc1OC(F)F. The number of nitrogens with two attached hydrogens (primary N) is 2. The lowest BCUT2D eigenvalue weighted by Crippen LogP contribution is -2.26. The lowest BCUT2D eigenvalue weighted by molar-refractivity contribution is -0.0502. The summed E-state index contributed by atoms with van der Waals surface area (Å²) in [4.78, 5) is 0. The van der Waals surface area contributed by atoms with Gasteiger partial charge in [-0.3, -0.25) is 5.01 Å². The number of aliphatic hydroxyl groups excluding tert-OH is 1. The van der Waals surface area contributed by atoms with E-state index >= 15 is 0 Å². The van der Waals surface area contributed by atoms with Crippen LogP contribution in [0.15, 0.2) is 30.1 Å². The van der Waals surface area contributed by atoms with Gasteiger partial charge in [-0.15, -0.1) is 0 Å². The van der Waals surface area contributed by atoms with Crippen LogP contribution in [0.4, 0.5) is 14.5 Å². The third-order valence-electron chi connectivity index (χ3n) is 2.17. The van der Waals surface area contributed by atoms with Crippen LogP contribution >= 0.6 is 0 Å². The number of aryl methyl sites for hydroxylation is 1. The fourth-order valence-corrected chi connectivity index (χ4v) is 1.27. The summed E-state index contributed by atoms with van der Waals surface area (Å²) in [7, 11) is 0. The molecule has 0 saturated carbocycles. The quantitative estimate of drug-likeness (QED) is 0.544. The standard InChI is InChI=1S/C11H15F2N3O2/c1-7-2-3-9(4-10(7)18-11(12)13)16(15)5-8(14)6-17/h2-5,11,17H,6,14-15H2,1H3/b8-5-. The Bertz CT molecular complexity index is 438. The van der Waals surface area contributed by atoms with E-state index in [2.05, 4.69) is 4.74 Å². The molecule has 5 N–H and O–H groups in total. The Morgan fingerprint density at radius 3 is 2.78 bits per heavy atom. The summed E-state index contributed by atoms with van der Waals surface area (Å²) < 4.78 is 28.7. The van der Waals surface area contributed by atoms with Crippen molar-refractivity contribution in [1.29, 1.82) is 0 Å². The van der Waals surface area contributed by atoms with Crippen molar-refractivity contribution in [2.24, 2.45) is 11.6 Å². The summed E-state index contributed by atoms with van der Waals surface area (Å²) in [5.41, 5.74) is 6.52. The summed E-state index contributed by atoms with van der Waals surface area (Å²) in [6.07, 6.45) is 1.29. The molecule has 0 aromatic heterocycles. The zero-order valence-corrected chi connectivity index (χ0v) is 9.81. The Morgan fingerprint density at radius 2 is 2.22 bits per heavy atom. The number of halogens is 2. The summed E-state index contributed by atoms with van der Waals surface area (Å²) in [5.74, 6) is 5.68. The van der Waals surface area contributed by atoms with Crippen LogP contribution in [-0.4, -0.2) is 18.3 Å². The Morgan fingerprint density at radius 1 is 1.56 bits per heavy atom. The van der Waals surface area contributed by atoms with Crippen molar-refractivity contribution in [2.75, 3.05) is 11.6 Å². The van der Waals surface area contributed by atoms with E-state index in [9.17, 15) is 8.78 Å². The predicted molar refractivity (Wildman–Crippen MR) is 63.8 cm³/mol. The highest BCUT2D eigenvalue weighted by molar-refractivity contribution is 5.54. The average molecular weight is 259 g/mol. The second-order valence-corrected chi connectivity index (χ2v) is 3.60. The van der Waals surface area contributed by atoms with Gasteiger partial charge in [0.15, 0.2) is 0 Å². The number of ether oxygens (including phenoxy) is 1. The number of nitrogens with zero attached hydrogens (tertiary/aromatic N) is 1. The van der Waals surface area contributed by atoms with Gasteiger partial charge < -0.3 is 15.6 Å². The summed E-state index contributed by atoms with van der Waals surface area (Å²) in [5, 5.41) is 9.86. The molecule has 0 aliphatic heterocycles. The van der Waals surface area contributed by atoms with E-state index in [4.69, 9.17) is 16.7 Å². The molecule has 0 saturated heterocycles. The van der Waals surface area contributed by atoms with Crippen molar-refractivity contribution in [3.8, 4) is 5.75 Å². The highest BCUT2D eigenvalue weighted by Gasteiger charge is 2.09. The maximum atomic E-state index is 12.2. The number of rotatable bonds is 5. The lowest BCUT2D eigenvalue weighted by atomic mass is 10.2. The van der Waals surface area contributed by atoms with Crippen LogP contribution in [0.2, 0.25) is 0 Å². The molecule has 0 fully saturated rings. The summed E-state index contributed by atoms with van der Waals surface area (Å²) >= 11 is 0. The third kappa shape index (κ3) is 3.86. The van der Waals surface area contributed by atoms with E-state index in [-0.39, 0.29) is 18.1 Å². The minimum absolute atomic E-state index is 0.0360. The normalized spacial score (nSPS) is 11.8. The number of hydrogen-bond donors (Lipinski definition) is 3. The highest BCUT2D eigenvalue weighted by atomic mass is 19.3. The molecule has 1 aromatic carbocycles. The van der Waals surface area contributed by atoms with E-state index in [1.54, 1.807) is 19.1 Å². The molecule has 7 heteroatoms. The van der Waals surface area contributed by atoms with Crippen molar-refractivity contribution in [1.82, 2.24) is 0 Å². The van der Waals surface area contributed by atoms with Crippen molar-refractivity contribution in [3.05, 3.63) is 35.7 Å². The van der Waals surface area contributed by atoms with Gasteiger partial charge in [-0.2, -0.15) is 8.78 Å². The minimum atomic E-state index is -2.90. The van der Waals surface area contributed by atoms with Gasteiger partial charge in [-0.25, -0.2) is 5.84 Å². The van der Waals surface area contributed by atoms with E-state index in [1.165, 1.54) is 12.3 Å². The van der Waals surface area contributed by atoms with Gasteiger partial charge in [0.1, 0.15) is 5.75 Å². The Labute approximate surface area is 103 Å². The second kappa shape index (κ2) is 6.18. The first-order valence-electron chi connectivity index (χ1n) is 5.10. The zero-order chi connectivity index (χ0) is 13.7. The van der Waals surface area contributed by atoms with Gasteiger partial charge in [0.25, 0.3) is 0 Å². The van der Waals surface area contributed by atoms with E-state index in [0.717, 1.165) is 5.01 Å². The van der Waals surface area contributed by atoms with Crippen LogP contribution in [0.1, 0.15) is 5.56 Å². The molecule has 0 atom stereocenters. The van der Waals surface area contributed by atoms with Gasteiger partial charge in [0, 0.05) is 12.3 Å². The molecule has 0 aliphatic rings. The van der Waals surface area contributed by atoms with Gasteiger partial charge in [0.05, 0.1) is 18.0 Å². The second-order valence-electron chi connectivity index (χ2n) is 3.60. The predicted octanol–water partition coefficient (Wildman–Crippen LogP) is 1.07. The average Bonchev–Trinajstić information content (AvgIpc) is 2.31. The molecule has 0 unspecified atom stereocenters. The van der Waals surface area contributed by atoms with Crippen LogP contribution in [0.5, 0.6) is 5.75 Å². The molecular formula is C11H15F2N3O2. The van der Waals surface area contributed by atoms with Crippen molar-refractivity contribution in [3.63, 3.8) is 0 Å². The molecule has 1 aromatic rings. The van der Waals surface area contributed by atoms with Gasteiger partial charge in [-0.1, -0.05) is 6.07 Å².